The lowest BCUT2D eigenvalue weighted by Crippen LogP contribution is -2.68. The molecule has 1 aromatic heterocycles. The quantitative estimate of drug-likeness (QED) is 0.350. The molecular weight excluding hydrogens is 256 g/mol. The second kappa shape index (κ2) is 6.69. The highest BCUT2D eigenvalue weighted by Gasteiger charge is 2.07. The van der Waals surface area contributed by atoms with E-state index in [-0.39, 0.29) is 0 Å². The fraction of sp³-hybridized carbons (Fsp3) is 0.250. The number of nitrogens with zero attached hydrogens (tertiary/aromatic N) is 2. The SMILES string of the molecule is CN(C)C(=S)[n+]1ccccc1.[O-][Cl+3]([O-])([O-])[O-]. The Morgan fingerprint density at radius 1 is 1.06 bits per heavy atom. The van der Waals surface area contributed by atoms with Gasteiger partial charge in [0.1, 0.15) is 0 Å². The summed E-state index contributed by atoms with van der Waals surface area (Å²) >= 11 is 5.13. The number of rotatable bonds is 0. The lowest BCUT2D eigenvalue weighted by molar-refractivity contribution is -2.00. The van der Waals surface area contributed by atoms with E-state index in [0.717, 1.165) is 5.11 Å². The van der Waals surface area contributed by atoms with Gasteiger partial charge in [-0.05, 0) is 12.1 Å². The number of hydrogen-bond acceptors (Lipinski definition) is 5. The van der Waals surface area contributed by atoms with Crippen LogP contribution in [0, 0.1) is 10.2 Å². The van der Waals surface area contributed by atoms with Crippen molar-refractivity contribution < 1.29 is 33.4 Å². The first-order chi connectivity index (χ1) is 7.22. The zero-order chi connectivity index (χ0) is 12.8. The number of aromatic nitrogens is 1. The van der Waals surface area contributed by atoms with Gasteiger partial charge in [0, 0.05) is 12.2 Å². The molecule has 6 nitrogen and oxygen atoms in total. The third-order valence-electron chi connectivity index (χ3n) is 1.32. The van der Waals surface area contributed by atoms with Gasteiger partial charge in [0.25, 0.3) is 0 Å². The molecule has 0 fully saturated rings. The Bertz CT molecular complexity index is 323. The summed E-state index contributed by atoms with van der Waals surface area (Å²) in [7, 11) is -1.08. The normalized spacial score (nSPS) is 10.1. The summed E-state index contributed by atoms with van der Waals surface area (Å²) < 4.78 is 35.9. The van der Waals surface area contributed by atoms with E-state index in [9.17, 15) is 0 Å². The van der Waals surface area contributed by atoms with Crippen molar-refractivity contribution in [1.29, 1.82) is 0 Å². The van der Waals surface area contributed by atoms with Gasteiger partial charge in [-0.15, -0.1) is 10.2 Å². The van der Waals surface area contributed by atoms with Crippen molar-refractivity contribution >= 4 is 17.3 Å². The average Bonchev–Trinajstić information content (AvgIpc) is 2.15. The molecule has 0 atom stereocenters. The Balaban J connectivity index is 0.000000385. The highest BCUT2D eigenvalue weighted by Crippen LogP contribution is 1.81. The van der Waals surface area contributed by atoms with Gasteiger partial charge in [0.05, 0.1) is 26.5 Å². The van der Waals surface area contributed by atoms with E-state index in [1.54, 1.807) is 0 Å². The zero-order valence-corrected chi connectivity index (χ0v) is 10.3. The lowest BCUT2D eigenvalue weighted by Gasteiger charge is -2.17. The monoisotopic (exact) mass is 266 g/mol. The van der Waals surface area contributed by atoms with Crippen LogP contribution in [-0.2, 0) is 0 Å². The van der Waals surface area contributed by atoms with E-state index in [1.807, 2.05) is 54.2 Å². The Kier molecular flexibility index (Phi) is 6.34. The lowest BCUT2D eigenvalue weighted by atomic mass is 10.5. The predicted molar refractivity (Wildman–Crippen MR) is 48.3 cm³/mol. The first-order valence-corrected chi connectivity index (χ1v) is 5.66. The van der Waals surface area contributed by atoms with Crippen molar-refractivity contribution in [2.24, 2.45) is 0 Å². The fourth-order valence-electron chi connectivity index (χ4n) is 0.757. The molecule has 0 saturated heterocycles. The third-order valence-corrected chi connectivity index (χ3v) is 1.89. The highest BCUT2D eigenvalue weighted by molar-refractivity contribution is 7.79. The molecule has 0 aliphatic rings. The molecule has 0 unspecified atom stereocenters. The van der Waals surface area contributed by atoms with E-state index in [4.69, 9.17) is 30.9 Å². The minimum Gasteiger partial charge on any atom is -0.257 e. The fourth-order valence-corrected chi connectivity index (χ4v) is 0.879. The second-order valence-corrected chi connectivity index (χ2v) is 3.96. The van der Waals surface area contributed by atoms with E-state index in [2.05, 4.69) is 0 Å². The molecule has 0 aliphatic heterocycles. The Hall–Kier alpha value is -0.830. The van der Waals surface area contributed by atoms with Gasteiger partial charge in [0.15, 0.2) is 0 Å². The summed E-state index contributed by atoms with van der Waals surface area (Å²) in [6, 6.07) is 5.88. The predicted octanol–water partition coefficient (Wildman–Crippen LogP) is -4.09. The molecule has 0 aliphatic carbocycles. The van der Waals surface area contributed by atoms with Crippen LogP contribution in [0.15, 0.2) is 30.6 Å². The van der Waals surface area contributed by atoms with Crippen LogP contribution in [0.4, 0.5) is 0 Å². The molecule has 1 rings (SSSR count). The molecule has 8 heteroatoms. The molecule has 16 heavy (non-hydrogen) atoms. The molecule has 1 heterocycles. The van der Waals surface area contributed by atoms with E-state index in [1.165, 1.54) is 0 Å². The number of thiocarbonyl (C=S) groups is 1. The van der Waals surface area contributed by atoms with Crippen molar-refractivity contribution in [2.75, 3.05) is 14.1 Å². The Labute approximate surface area is 101 Å². The average molecular weight is 267 g/mol. The van der Waals surface area contributed by atoms with Gasteiger partial charge in [0.2, 0.25) is 0 Å². The van der Waals surface area contributed by atoms with Gasteiger partial charge in [-0.1, -0.05) is 6.07 Å². The van der Waals surface area contributed by atoms with Gasteiger partial charge in [-0.3, -0.25) is 4.90 Å². The molecule has 1 aromatic rings. The maximum absolute atomic E-state index is 8.49. The van der Waals surface area contributed by atoms with Crippen LogP contribution >= 0.6 is 12.2 Å². The summed E-state index contributed by atoms with van der Waals surface area (Å²) in [5.74, 6) is 0. The minimum absolute atomic E-state index is 0.797. The summed E-state index contributed by atoms with van der Waals surface area (Å²) in [6.45, 7) is 0. The van der Waals surface area contributed by atoms with Gasteiger partial charge in [-0.2, -0.15) is 4.57 Å². The molecule has 0 spiro atoms. The van der Waals surface area contributed by atoms with Gasteiger partial charge < -0.3 is 0 Å². The van der Waals surface area contributed by atoms with Crippen molar-refractivity contribution in [2.45, 2.75) is 0 Å². The standard InChI is InChI=1S/C8H11N2S.ClHO4/c1-9(2)8(11)10-6-4-3-5-7-10;2-1(3,4)5/h3-7H,1-2H3;(H,2,3,4,5)/q+1;/p-1. The Morgan fingerprint density at radius 2 is 1.44 bits per heavy atom. The van der Waals surface area contributed by atoms with Crippen LogP contribution in [0.5, 0.6) is 0 Å². The molecule has 0 saturated carbocycles. The molecule has 90 valence electrons. The van der Waals surface area contributed by atoms with Crippen LogP contribution in [0.25, 0.3) is 0 Å². The largest absolute Gasteiger partial charge is 0.350 e. The van der Waals surface area contributed by atoms with Crippen LogP contribution in [0.3, 0.4) is 0 Å². The molecule has 0 bridgehead atoms. The first kappa shape index (κ1) is 15.2. The van der Waals surface area contributed by atoms with Crippen LogP contribution in [0.1, 0.15) is 0 Å². The van der Waals surface area contributed by atoms with Crippen LogP contribution in [0.2, 0.25) is 0 Å². The van der Waals surface area contributed by atoms with E-state index >= 15 is 0 Å². The number of hydrogen-bond donors (Lipinski definition) is 0. The summed E-state index contributed by atoms with van der Waals surface area (Å²) in [4.78, 5) is 1.90. The maximum atomic E-state index is 8.49. The van der Waals surface area contributed by atoms with Crippen molar-refractivity contribution in [3.63, 3.8) is 0 Å². The van der Waals surface area contributed by atoms with Gasteiger partial charge >= 0.3 is 5.11 Å². The van der Waals surface area contributed by atoms with Crippen molar-refractivity contribution in [1.82, 2.24) is 4.90 Å². The first-order valence-electron chi connectivity index (χ1n) is 4.01. The Morgan fingerprint density at radius 3 is 1.75 bits per heavy atom. The van der Waals surface area contributed by atoms with Crippen molar-refractivity contribution in [3.05, 3.63) is 30.6 Å². The molecule has 0 radical (unpaired) electrons. The second-order valence-electron chi connectivity index (χ2n) is 2.84. The molecular formula is C8H11ClN2O4S. The maximum Gasteiger partial charge on any atom is 0.350 e. The molecule has 0 amide bonds. The smallest absolute Gasteiger partial charge is 0.257 e. The third kappa shape index (κ3) is 8.48. The van der Waals surface area contributed by atoms with Crippen LogP contribution < -0.4 is 23.2 Å². The van der Waals surface area contributed by atoms with E-state index < -0.39 is 10.2 Å². The van der Waals surface area contributed by atoms with Crippen LogP contribution in [-0.4, -0.2) is 24.1 Å². The molecule has 0 N–H and O–H groups in total. The number of halogens is 1. The minimum atomic E-state index is -4.94. The highest BCUT2D eigenvalue weighted by atomic mass is 35.7. The zero-order valence-electron chi connectivity index (χ0n) is 8.70. The van der Waals surface area contributed by atoms with E-state index in [0.29, 0.717) is 0 Å². The van der Waals surface area contributed by atoms with Gasteiger partial charge in [-0.25, -0.2) is 18.6 Å². The number of pyridine rings is 1. The summed E-state index contributed by atoms with van der Waals surface area (Å²) in [6.07, 6.45) is 3.87. The molecule has 0 aromatic carbocycles. The summed E-state index contributed by atoms with van der Waals surface area (Å²) in [5, 5.41) is 0.797. The summed E-state index contributed by atoms with van der Waals surface area (Å²) in [5.41, 5.74) is 0. The topological polar surface area (TPSA) is 99.4 Å². The van der Waals surface area contributed by atoms with Crippen molar-refractivity contribution in [3.8, 4) is 0 Å².